The Morgan fingerprint density at radius 2 is 2.29 bits per heavy atom. The van der Waals surface area contributed by atoms with Crippen molar-refractivity contribution in [2.45, 2.75) is 6.10 Å². The Morgan fingerprint density at radius 3 is 3.05 bits per heavy atom. The molecule has 0 saturated carbocycles. The summed E-state index contributed by atoms with van der Waals surface area (Å²) < 4.78 is 16.2. The average molecular weight is 290 g/mol. The van der Waals surface area contributed by atoms with E-state index in [4.69, 9.17) is 19.7 Å². The molecule has 0 bridgehead atoms. The molecule has 1 aliphatic heterocycles. The first-order valence-electron chi connectivity index (χ1n) is 6.75. The van der Waals surface area contributed by atoms with Crippen LogP contribution in [-0.4, -0.2) is 48.9 Å². The lowest BCUT2D eigenvalue weighted by molar-refractivity contribution is -0.0264. The first kappa shape index (κ1) is 13.8. The van der Waals surface area contributed by atoms with Crippen LogP contribution in [0.25, 0.3) is 11.5 Å². The molecule has 1 aromatic carbocycles. The molecule has 2 N–H and O–H groups in total. The molecule has 0 spiro atoms. The second-order valence-electron chi connectivity index (χ2n) is 5.03. The van der Waals surface area contributed by atoms with E-state index >= 15 is 0 Å². The third-order valence-electron chi connectivity index (χ3n) is 3.49. The molecule has 1 unspecified atom stereocenters. The molecule has 1 saturated heterocycles. The Labute approximate surface area is 122 Å². The number of rotatable bonds is 3. The van der Waals surface area contributed by atoms with Crippen LogP contribution < -0.4 is 10.5 Å². The molecule has 1 fully saturated rings. The molecule has 7 heteroatoms. The van der Waals surface area contributed by atoms with Crippen LogP contribution in [0.4, 0.5) is 5.69 Å². The lowest BCUT2D eigenvalue weighted by Gasteiger charge is -2.27. The number of morpholine rings is 1. The van der Waals surface area contributed by atoms with E-state index in [1.807, 2.05) is 7.05 Å². The predicted molar refractivity (Wildman–Crippen MR) is 76.9 cm³/mol. The van der Waals surface area contributed by atoms with Crippen molar-refractivity contribution < 1.29 is 14.0 Å². The summed E-state index contributed by atoms with van der Waals surface area (Å²) in [6, 6.07) is 5.32. The minimum Gasteiger partial charge on any atom is -0.497 e. The van der Waals surface area contributed by atoms with Gasteiger partial charge in [0.05, 0.1) is 19.3 Å². The van der Waals surface area contributed by atoms with Crippen molar-refractivity contribution in [3.63, 3.8) is 0 Å². The molecule has 1 aliphatic rings. The highest BCUT2D eigenvalue weighted by Crippen LogP contribution is 2.30. The summed E-state index contributed by atoms with van der Waals surface area (Å²) >= 11 is 0. The van der Waals surface area contributed by atoms with Gasteiger partial charge >= 0.3 is 0 Å². The molecule has 0 amide bonds. The normalized spacial score (nSPS) is 19.6. The van der Waals surface area contributed by atoms with Gasteiger partial charge in [0.2, 0.25) is 5.82 Å². The first-order valence-corrected chi connectivity index (χ1v) is 6.75. The molecule has 3 rings (SSSR count). The maximum Gasteiger partial charge on any atom is 0.260 e. The van der Waals surface area contributed by atoms with Gasteiger partial charge in [0.1, 0.15) is 11.9 Å². The van der Waals surface area contributed by atoms with Crippen LogP contribution in [0.2, 0.25) is 0 Å². The van der Waals surface area contributed by atoms with Crippen LogP contribution in [0.15, 0.2) is 22.7 Å². The maximum absolute atomic E-state index is 5.96. The van der Waals surface area contributed by atoms with Gasteiger partial charge in [-0.05, 0) is 25.2 Å². The van der Waals surface area contributed by atoms with Crippen LogP contribution >= 0.6 is 0 Å². The van der Waals surface area contributed by atoms with Gasteiger partial charge in [-0.15, -0.1) is 0 Å². The molecule has 21 heavy (non-hydrogen) atoms. The Balaban J connectivity index is 1.87. The van der Waals surface area contributed by atoms with E-state index in [0.717, 1.165) is 13.1 Å². The first-order chi connectivity index (χ1) is 10.2. The van der Waals surface area contributed by atoms with E-state index in [1.54, 1.807) is 25.3 Å². The summed E-state index contributed by atoms with van der Waals surface area (Å²) in [7, 11) is 3.64. The van der Waals surface area contributed by atoms with Gasteiger partial charge in [0.25, 0.3) is 5.89 Å². The number of nitrogens with zero attached hydrogens (tertiary/aromatic N) is 3. The molecule has 1 aromatic heterocycles. The fraction of sp³-hybridized carbons (Fsp3) is 0.429. The molecule has 112 valence electrons. The number of nitrogen functional groups attached to an aromatic ring is 1. The Hall–Kier alpha value is -2.12. The van der Waals surface area contributed by atoms with Crippen molar-refractivity contribution >= 4 is 5.69 Å². The van der Waals surface area contributed by atoms with Gasteiger partial charge in [-0.2, -0.15) is 4.98 Å². The van der Waals surface area contributed by atoms with E-state index < -0.39 is 0 Å². The number of likely N-dealkylation sites (N-methyl/N-ethyl adjacent to an activating group) is 1. The van der Waals surface area contributed by atoms with Crippen LogP contribution in [-0.2, 0) is 4.74 Å². The predicted octanol–water partition coefficient (Wildman–Crippen LogP) is 1.33. The Kier molecular flexibility index (Phi) is 3.76. The van der Waals surface area contributed by atoms with Gasteiger partial charge in [0, 0.05) is 18.8 Å². The molecule has 7 nitrogen and oxygen atoms in total. The molecular formula is C14H18N4O3. The van der Waals surface area contributed by atoms with Gasteiger partial charge in [-0.25, -0.2) is 0 Å². The highest BCUT2D eigenvalue weighted by Gasteiger charge is 2.25. The molecule has 0 radical (unpaired) electrons. The third-order valence-corrected chi connectivity index (χ3v) is 3.49. The van der Waals surface area contributed by atoms with Crippen molar-refractivity contribution in [1.29, 1.82) is 0 Å². The molecular weight excluding hydrogens is 272 g/mol. The monoisotopic (exact) mass is 290 g/mol. The standard InChI is InChI=1S/C14H18N4O3/c1-18-5-6-20-12(8-18)13-16-14(21-17-13)10-7-9(19-2)3-4-11(10)15/h3-4,7,12H,5-6,8,15H2,1-2H3. The minimum absolute atomic E-state index is 0.173. The fourth-order valence-corrected chi connectivity index (χ4v) is 2.26. The zero-order chi connectivity index (χ0) is 14.8. The third kappa shape index (κ3) is 2.84. The number of anilines is 1. The number of hydrogen-bond acceptors (Lipinski definition) is 7. The highest BCUT2D eigenvalue weighted by atomic mass is 16.5. The second kappa shape index (κ2) is 5.71. The topological polar surface area (TPSA) is 86.6 Å². The SMILES string of the molecule is COc1ccc(N)c(-c2nc(C3CN(C)CCO3)no2)c1. The zero-order valence-corrected chi connectivity index (χ0v) is 12.1. The van der Waals surface area contributed by atoms with Crippen LogP contribution in [0.1, 0.15) is 11.9 Å². The fourth-order valence-electron chi connectivity index (χ4n) is 2.26. The number of methoxy groups -OCH3 is 1. The summed E-state index contributed by atoms with van der Waals surface area (Å²) in [5.41, 5.74) is 7.19. The van der Waals surface area contributed by atoms with Crippen LogP contribution in [0.3, 0.4) is 0 Å². The summed E-state index contributed by atoms with van der Waals surface area (Å²) in [6.07, 6.45) is -0.173. The quantitative estimate of drug-likeness (QED) is 0.853. The average Bonchev–Trinajstić information content (AvgIpc) is 2.97. The molecule has 2 heterocycles. The summed E-state index contributed by atoms with van der Waals surface area (Å²) in [5, 5.41) is 4.01. The van der Waals surface area contributed by atoms with Gasteiger partial charge in [-0.1, -0.05) is 5.16 Å². The largest absolute Gasteiger partial charge is 0.497 e. The summed E-state index contributed by atoms with van der Waals surface area (Å²) in [6.45, 7) is 2.31. The van der Waals surface area contributed by atoms with Crippen LogP contribution in [0, 0.1) is 0 Å². The van der Waals surface area contributed by atoms with E-state index in [1.165, 1.54) is 0 Å². The van der Waals surface area contributed by atoms with E-state index in [2.05, 4.69) is 15.0 Å². The zero-order valence-electron chi connectivity index (χ0n) is 12.1. The lowest BCUT2D eigenvalue weighted by atomic mass is 10.1. The summed E-state index contributed by atoms with van der Waals surface area (Å²) in [5.74, 6) is 1.60. The number of ether oxygens (including phenoxy) is 2. The van der Waals surface area contributed by atoms with Crippen molar-refractivity contribution in [2.75, 3.05) is 39.6 Å². The number of aromatic nitrogens is 2. The van der Waals surface area contributed by atoms with Crippen molar-refractivity contribution in [1.82, 2.24) is 15.0 Å². The molecule has 1 atom stereocenters. The van der Waals surface area contributed by atoms with Crippen molar-refractivity contribution in [2.24, 2.45) is 0 Å². The second-order valence-corrected chi connectivity index (χ2v) is 5.03. The highest BCUT2D eigenvalue weighted by molar-refractivity contribution is 5.72. The number of benzene rings is 1. The minimum atomic E-state index is -0.173. The van der Waals surface area contributed by atoms with E-state index in [9.17, 15) is 0 Å². The van der Waals surface area contributed by atoms with E-state index in [0.29, 0.717) is 35.3 Å². The number of nitrogens with two attached hydrogens (primary N) is 1. The Bertz CT molecular complexity index is 628. The lowest BCUT2D eigenvalue weighted by Crippen LogP contribution is -2.35. The maximum atomic E-state index is 5.96. The van der Waals surface area contributed by atoms with Gasteiger partial charge in [0.15, 0.2) is 0 Å². The number of hydrogen-bond donors (Lipinski definition) is 1. The van der Waals surface area contributed by atoms with Crippen LogP contribution in [0.5, 0.6) is 5.75 Å². The smallest absolute Gasteiger partial charge is 0.260 e. The van der Waals surface area contributed by atoms with Crippen molar-refractivity contribution in [3.05, 3.63) is 24.0 Å². The van der Waals surface area contributed by atoms with Gasteiger partial charge in [-0.3, -0.25) is 0 Å². The van der Waals surface area contributed by atoms with E-state index in [-0.39, 0.29) is 6.10 Å². The Morgan fingerprint density at radius 1 is 1.43 bits per heavy atom. The van der Waals surface area contributed by atoms with Crippen molar-refractivity contribution in [3.8, 4) is 17.2 Å². The molecule has 0 aliphatic carbocycles. The van der Waals surface area contributed by atoms with Gasteiger partial charge < -0.3 is 24.6 Å². The molecule has 2 aromatic rings. The summed E-state index contributed by atoms with van der Waals surface area (Å²) in [4.78, 5) is 6.58.